The molecule has 0 saturated carbocycles. The quantitative estimate of drug-likeness (QED) is 0.811. The predicted octanol–water partition coefficient (Wildman–Crippen LogP) is 0.774. The number of likely N-dealkylation sites (N-methyl/N-ethyl adjacent to an activating group) is 1. The van der Waals surface area contributed by atoms with Crippen molar-refractivity contribution in [2.24, 2.45) is 0 Å². The summed E-state index contributed by atoms with van der Waals surface area (Å²) in [4.78, 5) is 5.08. The van der Waals surface area contributed by atoms with Crippen molar-refractivity contribution in [3.8, 4) is 0 Å². The van der Waals surface area contributed by atoms with Crippen LogP contribution >= 0.6 is 0 Å². The molecule has 0 aliphatic carbocycles. The van der Waals surface area contributed by atoms with E-state index in [0.717, 1.165) is 13.1 Å². The molecule has 2 atom stereocenters. The van der Waals surface area contributed by atoms with Crippen LogP contribution < -0.4 is 5.32 Å². The van der Waals surface area contributed by atoms with Crippen LogP contribution in [0.25, 0.3) is 0 Å². The third kappa shape index (κ3) is 2.37. The molecule has 0 bridgehead atoms. The minimum absolute atomic E-state index is 0.664. The van der Waals surface area contributed by atoms with Gasteiger partial charge < -0.3 is 5.32 Å². The molecule has 0 amide bonds. The van der Waals surface area contributed by atoms with Crippen molar-refractivity contribution in [1.29, 1.82) is 0 Å². The molecule has 2 aliphatic rings. The molecular formula is C14H21N3. The second-order valence-corrected chi connectivity index (χ2v) is 5.29. The maximum atomic E-state index is 3.64. The average Bonchev–Trinajstić information content (AvgIpc) is 2.74. The van der Waals surface area contributed by atoms with Gasteiger partial charge in [0.15, 0.2) is 0 Å². The van der Waals surface area contributed by atoms with Crippen molar-refractivity contribution >= 4 is 0 Å². The minimum Gasteiger partial charge on any atom is -0.310 e. The fourth-order valence-corrected chi connectivity index (χ4v) is 3.08. The van der Waals surface area contributed by atoms with Crippen molar-refractivity contribution in [2.75, 3.05) is 33.2 Å². The summed E-state index contributed by atoms with van der Waals surface area (Å²) in [5.41, 5.74) is 1.42. The summed E-state index contributed by atoms with van der Waals surface area (Å²) in [6.07, 6.45) is 0. The molecule has 1 aromatic rings. The highest BCUT2D eigenvalue weighted by molar-refractivity contribution is 5.15. The molecule has 1 aromatic carbocycles. The molecule has 3 rings (SSSR count). The summed E-state index contributed by atoms with van der Waals surface area (Å²) in [5, 5.41) is 3.64. The van der Waals surface area contributed by atoms with Gasteiger partial charge in [0.05, 0.1) is 0 Å². The molecule has 1 N–H and O–H groups in total. The van der Waals surface area contributed by atoms with Crippen LogP contribution in [-0.4, -0.2) is 55.1 Å². The molecule has 0 spiro atoms. The first kappa shape index (κ1) is 11.2. The lowest BCUT2D eigenvalue weighted by molar-refractivity contribution is 0.179. The molecule has 3 nitrogen and oxygen atoms in total. The van der Waals surface area contributed by atoms with E-state index >= 15 is 0 Å². The number of hydrogen-bond acceptors (Lipinski definition) is 3. The highest BCUT2D eigenvalue weighted by Gasteiger charge is 2.36. The van der Waals surface area contributed by atoms with Gasteiger partial charge in [-0.2, -0.15) is 0 Å². The predicted molar refractivity (Wildman–Crippen MR) is 69.9 cm³/mol. The van der Waals surface area contributed by atoms with E-state index in [4.69, 9.17) is 0 Å². The number of hydrogen-bond donors (Lipinski definition) is 1. The Kier molecular flexibility index (Phi) is 3.14. The van der Waals surface area contributed by atoms with Crippen LogP contribution in [0, 0.1) is 0 Å². The van der Waals surface area contributed by atoms with E-state index in [1.165, 1.54) is 25.2 Å². The number of rotatable bonds is 2. The maximum Gasteiger partial charge on any atom is 0.0386 e. The third-order valence-corrected chi connectivity index (χ3v) is 4.05. The molecule has 0 radical (unpaired) electrons. The SMILES string of the molecule is CN1CCN[C@H]2CN(Cc3ccccc3)C[C@@H]21. The summed E-state index contributed by atoms with van der Waals surface area (Å²) in [6, 6.07) is 12.1. The standard InChI is InChI=1S/C14H21N3/c1-16-8-7-15-13-10-17(11-14(13)16)9-12-5-3-2-4-6-12/h2-6,13-15H,7-11H2,1H3/t13-,14-/m0/s1. The minimum atomic E-state index is 0.664. The van der Waals surface area contributed by atoms with Crippen molar-refractivity contribution in [1.82, 2.24) is 15.1 Å². The van der Waals surface area contributed by atoms with E-state index in [-0.39, 0.29) is 0 Å². The Labute approximate surface area is 103 Å². The van der Waals surface area contributed by atoms with Gasteiger partial charge in [-0.3, -0.25) is 9.80 Å². The normalized spacial score (nSPS) is 30.4. The molecule has 2 fully saturated rings. The molecule has 0 unspecified atom stereocenters. The van der Waals surface area contributed by atoms with Crippen LogP contribution in [-0.2, 0) is 6.54 Å². The van der Waals surface area contributed by atoms with Gasteiger partial charge in [0.1, 0.15) is 0 Å². The monoisotopic (exact) mass is 231 g/mol. The first-order chi connectivity index (χ1) is 8.33. The average molecular weight is 231 g/mol. The van der Waals surface area contributed by atoms with Gasteiger partial charge in [-0.1, -0.05) is 30.3 Å². The van der Waals surface area contributed by atoms with Crippen LogP contribution in [0.1, 0.15) is 5.56 Å². The van der Waals surface area contributed by atoms with Crippen LogP contribution in [0.15, 0.2) is 30.3 Å². The molecule has 2 heterocycles. The van der Waals surface area contributed by atoms with Crippen LogP contribution in [0.3, 0.4) is 0 Å². The molecule has 3 heteroatoms. The van der Waals surface area contributed by atoms with Gasteiger partial charge in [0.25, 0.3) is 0 Å². The number of fused-ring (bicyclic) bond motifs is 1. The van der Waals surface area contributed by atoms with E-state index in [1.807, 2.05) is 0 Å². The second-order valence-electron chi connectivity index (χ2n) is 5.29. The fraction of sp³-hybridized carbons (Fsp3) is 0.571. The smallest absolute Gasteiger partial charge is 0.0386 e. The highest BCUT2D eigenvalue weighted by atomic mass is 15.3. The number of piperazine rings is 1. The van der Waals surface area contributed by atoms with E-state index < -0.39 is 0 Å². The molecule has 2 saturated heterocycles. The Morgan fingerprint density at radius 1 is 1.24 bits per heavy atom. The van der Waals surface area contributed by atoms with Crippen molar-refractivity contribution < 1.29 is 0 Å². The molecule has 17 heavy (non-hydrogen) atoms. The lowest BCUT2D eigenvalue weighted by atomic mass is 10.1. The lowest BCUT2D eigenvalue weighted by Crippen LogP contribution is -2.55. The van der Waals surface area contributed by atoms with Gasteiger partial charge >= 0.3 is 0 Å². The third-order valence-electron chi connectivity index (χ3n) is 4.05. The summed E-state index contributed by atoms with van der Waals surface area (Å²) in [6.45, 7) is 5.79. The molecule has 2 aliphatic heterocycles. The zero-order valence-corrected chi connectivity index (χ0v) is 10.5. The van der Waals surface area contributed by atoms with Gasteiger partial charge in [-0.15, -0.1) is 0 Å². The number of benzene rings is 1. The lowest BCUT2D eigenvalue weighted by Gasteiger charge is -2.34. The highest BCUT2D eigenvalue weighted by Crippen LogP contribution is 2.19. The zero-order valence-electron chi connectivity index (χ0n) is 10.5. The first-order valence-corrected chi connectivity index (χ1v) is 6.53. The summed E-state index contributed by atoms with van der Waals surface area (Å²) < 4.78 is 0. The Morgan fingerprint density at radius 2 is 2.06 bits per heavy atom. The number of nitrogens with zero attached hydrogens (tertiary/aromatic N) is 2. The summed E-state index contributed by atoms with van der Waals surface area (Å²) >= 11 is 0. The Hall–Kier alpha value is -0.900. The second kappa shape index (κ2) is 4.77. The van der Waals surface area contributed by atoms with Gasteiger partial charge in [-0.05, 0) is 12.6 Å². The maximum absolute atomic E-state index is 3.64. The van der Waals surface area contributed by atoms with Gasteiger partial charge in [0, 0.05) is 44.8 Å². The number of likely N-dealkylation sites (tertiary alicyclic amines) is 1. The zero-order chi connectivity index (χ0) is 11.7. The van der Waals surface area contributed by atoms with E-state index in [9.17, 15) is 0 Å². The topological polar surface area (TPSA) is 18.5 Å². The van der Waals surface area contributed by atoms with E-state index in [0.29, 0.717) is 12.1 Å². The van der Waals surface area contributed by atoms with Crippen LogP contribution in [0.4, 0.5) is 0 Å². The fourth-order valence-electron chi connectivity index (χ4n) is 3.08. The Bertz CT molecular complexity index is 365. The van der Waals surface area contributed by atoms with Gasteiger partial charge in [0.2, 0.25) is 0 Å². The van der Waals surface area contributed by atoms with Crippen LogP contribution in [0.2, 0.25) is 0 Å². The van der Waals surface area contributed by atoms with Crippen molar-refractivity contribution in [3.05, 3.63) is 35.9 Å². The van der Waals surface area contributed by atoms with Crippen molar-refractivity contribution in [2.45, 2.75) is 18.6 Å². The Morgan fingerprint density at radius 3 is 2.82 bits per heavy atom. The van der Waals surface area contributed by atoms with Crippen molar-refractivity contribution in [3.63, 3.8) is 0 Å². The molecular weight excluding hydrogens is 210 g/mol. The Balaban J connectivity index is 1.64. The van der Waals surface area contributed by atoms with E-state index in [2.05, 4.69) is 52.5 Å². The van der Waals surface area contributed by atoms with E-state index in [1.54, 1.807) is 0 Å². The summed E-state index contributed by atoms with van der Waals surface area (Å²) in [7, 11) is 2.25. The molecule has 0 aromatic heterocycles. The summed E-state index contributed by atoms with van der Waals surface area (Å²) in [5.74, 6) is 0. The first-order valence-electron chi connectivity index (χ1n) is 6.53. The molecule has 92 valence electrons. The van der Waals surface area contributed by atoms with Crippen LogP contribution in [0.5, 0.6) is 0 Å². The largest absolute Gasteiger partial charge is 0.310 e. The van der Waals surface area contributed by atoms with Gasteiger partial charge in [-0.25, -0.2) is 0 Å². The number of nitrogens with one attached hydrogen (secondary N) is 1.